The van der Waals surface area contributed by atoms with E-state index < -0.39 is 0 Å². The van der Waals surface area contributed by atoms with E-state index in [4.69, 9.17) is 0 Å². The summed E-state index contributed by atoms with van der Waals surface area (Å²) in [6, 6.07) is 15.1. The second-order valence-electron chi connectivity index (χ2n) is 6.16. The molecule has 0 atom stereocenters. The molecule has 2 aromatic rings. The highest BCUT2D eigenvalue weighted by Gasteiger charge is 2.22. The Kier molecular flexibility index (Phi) is 5.14. The molecule has 0 saturated carbocycles. The molecule has 1 amide bonds. The summed E-state index contributed by atoms with van der Waals surface area (Å²) in [4.78, 5) is 16.5. The molecule has 24 heavy (non-hydrogen) atoms. The van der Waals surface area contributed by atoms with Crippen LogP contribution < -0.4 is 4.90 Å². The van der Waals surface area contributed by atoms with E-state index in [1.54, 1.807) is 18.2 Å². The molecule has 0 bridgehead atoms. The van der Waals surface area contributed by atoms with Crippen LogP contribution in [-0.4, -0.2) is 37.0 Å². The number of nitrogens with zero attached hydrogens (tertiary/aromatic N) is 2. The Labute approximate surface area is 142 Å². The fraction of sp³-hybridized carbons (Fsp3) is 0.350. The summed E-state index contributed by atoms with van der Waals surface area (Å²) in [6.07, 6.45) is 1.18. The van der Waals surface area contributed by atoms with E-state index >= 15 is 0 Å². The third-order valence-electron chi connectivity index (χ3n) is 4.64. The molecule has 126 valence electrons. The lowest BCUT2D eigenvalue weighted by Gasteiger charge is -2.36. The smallest absolute Gasteiger partial charge is 0.227 e. The van der Waals surface area contributed by atoms with Crippen LogP contribution in [0.5, 0.6) is 0 Å². The largest absolute Gasteiger partial charge is 0.368 e. The summed E-state index contributed by atoms with van der Waals surface area (Å²) in [6.45, 7) is 5.14. The van der Waals surface area contributed by atoms with E-state index in [0.29, 0.717) is 18.7 Å². The summed E-state index contributed by atoms with van der Waals surface area (Å²) in [7, 11) is 0. The van der Waals surface area contributed by atoms with Gasteiger partial charge in [0.05, 0.1) is 6.42 Å². The van der Waals surface area contributed by atoms with Gasteiger partial charge in [0.25, 0.3) is 0 Å². The zero-order valence-corrected chi connectivity index (χ0v) is 14.0. The Hall–Kier alpha value is -2.36. The van der Waals surface area contributed by atoms with Gasteiger partial charge >= 0.3 is 0 Å². The number of hydrogen-bond donors (Lipinski definition) is 0. The molecular formula is C20H23FN2O. The molecule has 1 heterocycles. The fourth-order valence-electron chi connectivity index (χ4n) is 3.07. The number of carbonyl (C=O) groups excluding carboxylic acids is 1. The van der Waals surface area contributed by atoms with Crippen molar-refractivity contribution in [2.45, 2.75) is 19.8 Å². The van der Waals surface area contributed by atoms with Crippen molar-refractivity contribution in [3.8, 4) is 0 Å². The average Bonchev–Trinajstić information content (AvgIpc) is 2.64. The molecule has 0 unspecified atom stereocenters. The standard InChI is InChI=1S/C20H23FN2O/c1-2-16-7-9-18(10-8-16)22-11-13-23(14-12-22)20(24)15-17-5-3-4-6-19(17)21/h3-10H,2,11-15H2,1H3. The molecule has 0 spiro atoms. The molecule has 3 nitrogen and oxygen atoms in total. The second kappa shape index (κ2) is 7.47. The number of piperazine rings is 1. The molecule has 0 N–H and O–H groups in total. The summed E-state index contributed by atoms with van der Waals surface area (Å²) in [5.74, 6) is -0.304. The Morgan fingerprint density at radius 1 is 1.00 bits per heavy atom. The van der Waals surface area contributed by atoms with Gasteiger partial charge in [-0.15, -0.1) is 0 Å². The molecular weight excluding hydrogens is 303 g/mol. The summed E-state index contributed by atoms with van der Waals surface area (Å²) in [5, 5.41) is 0. The zero-order chi connectivity index (χ0) is 16.9. The first-order valence-electron chi connectivity index (χ1n) is 8.52. The van der Waals surface area contributed by atoms with Gasteiger partial charge in [0.15, 0.2) is 0 Å². The number of halogens is 1. The van der Waals surface area contributed by atoms with Crippen molar-refractivity contribution < 1.29 is 9.18 Å². The maximum Gasteiger partial charge on any atom is 0.227 e. The van der Waals surface area contributed by atoms with Crippen LogP contribution in [0.2, 0.25) is 0 Å². The van der Waals surface area contributed by atoms with Crippen LogP contribution in [0.3, 0.4) is 0 Å². The van der Waals surface area contributed by atoms with Gasteiger partial charge in [-0.1, -0.05) is 37.3 Å². The van der Waals surface area contributed by atoms with E-state index in [-0.39, 0.29) is 18.1 Å². The van der Waals surface area contributed by atoms with Crippen LogP contribution >= 0.6 is 0 Å². The van der Waals surface area contributed by atoms with Crippen molar-refractivity contribution in [1.82, 2.24) is 4.90 Å². The van der Waals surface area contributed by atoms with Gasteiger partial charge in [-0.2, -0.15) is 0 Å². The third-order valence-corrected chi connectivity index (χ3v) is 4.64. The zero-order valence-electron chi connectivity index (χ0n) is 14.0. The van der Waals surface area contributed by atoms with E-state index in [2.05, 4.69) is 36.1 Å². The highest BCUT2D eigenvalue weighted by atomic mass is 19.1. The molecule has 3 rings (SSSR count). The van der Waals surface area contributed by atoms with Crippen molar-refractivity contribution in [2.24, 2.45) is 0 Å². The number of benzene rings is 2. The lowest BCUT2D eigenvalue weighted by atomic mass is 10.1. The van der Waals surface area contributed by atoms with Gasteiger partial charge in [-0.25, -0.2) is 4.39 Å². The first kappa shape index (κ1) is 16.5. The van der Waals surface area contributed by atoms with Gasteiger partial charge in [-0.05, 0) is 35.7 Å². The molecule has 0 radical (unpaired) electrons. The first-order chi connectivity index (χ1) is 11.7. The van der Waals surface area contributed by atoms with Crippen LogP contribution in [0.25, 0.3) is 0 Å². The number of aryl methyl sites for hydroxylation is 1. The Morgan fingerprint density at radius 2 is 1.67 bits per heavy atom. The number of anilines is 1. The summed E-state index contributed by atoms with van der Waals surface area (Å²) in [5.41, 5.74) is 3.01. The average molecular weight is 326 g/mol. The van der Waals surface area contributed by atoms with Crippen molar-refractivity contribution in [1.29, 1.82) is 0 Å². The number of carbonyl (C=O) groups is 1. The Morgan fingerprint density at radius 3 is 2.29 bits per heavy atom. The molecule has 1 aliphatic rings. The maximum absolute atomic E-state index is 13.7. The molecule has 1 fully saturated rings. The minimum absolute atomic E-state index is 0.00100. The summed E-state index contributed by atoms with van der Waals surface area (Å²) >= 11 is 0. The van der Waals surface area contributed by atoms with Crippen LogP contribution in [0.15, 0.2) is 48.5 Å². The number of amides is 1. The highest BCUT2D eigenvalue weighted by molar-refractivity contribution is 5.79. The van der Waals surface area contributed by atoms with E-state index in [9.17, 15) is 9.18 Å². The van der Waals surface area contributed by atoms with Crippen molar-refractivity contribution in [3.63, 3.8) is 0 Å². The Bertz CT molecular complexity index is 691. The van der Waals surface area contributed by atoms with E-state index in [1.165, 1.54) is 17.3 Å². The SMILES string of the molecule is CCc1ccc(N2CCN(C(=O)Cc3ccccc3F)CC2)cc1. The molecule has 4 heteroatoms. The van der Waals surface area contributed by atoms with Gasteiger partial charge in [0.1, 0.15) is 5.82 Å². The van der Waals surface area contributed by atoms with Crippen LogP contribution in [-0.2, 0) is 17.6 Å². The summed E-state index contributed by atoms with van der Waals surface area (Å²) < 4.78 is 13.7. The number of hydrogen-bond acceptors (Lipinski definition) is 2. The van der Waals surface area contributed by atoms with Crippen LogP contribution in [0, 0.1) is 5.82 Å². The normalized spacial score (nSPS) is 14.8. The first-order valence-corrected chi connectivity index (χ1v) is 8.52. The molecule has 0 aliphatic carbocycles. The predicted molar refractivity (Wildman–Crippen MR) is 94.7 cm³/mol. The Balaban J connectivity index is 1.56. The van der Waals surface area contributed by atoms with Crippen LogP contribution in [0.1, 0.15) is 18.1 Å². The molecule has 1 aliphatic heterocycles. The fourth-order valence-corrected chi connectivity index (χ4v) is 3.07. The third kappa shape index (κ3) is 3.75. The molecule has 2 aromatic carbocycles. The van der Waals surface area contributed by atoms with Crippen molar-refractivity contribution >= 4 is 11.6 Å². The number of rotatable bonds is 4. The van der Waals surface area contributed by atoms with Crippen molar-refractivity contribution in [3.05, 3.63) is 65.5 Å². The van der Waals surface area contributed by atoms with E-state index in [0.717, 1.165) is 19.5 Å². The quantitative estimate of drug-likeness (QED) is 0.861. The predicted octanol–water partition coefficient (Wildman–Crippen LogP) is 3.28. The van der Waals surface area contributed by atoms with E-state index in [1.807, 2.05) is 4.90 Å². The topological polar surface area (TPSA) is 23.6 Å². The highest BCUT2D eigenvalue weighted by Crippen LogP contribution is 2.18. The lowest BCUT2D eigenvalue weighted by molar-refractivity contribution is -0.130. The van der Waals surface area contributed by atoms with Gasteiger partial charge < -0.3 is 9.80 Å². The second-order valence-corrected chi connectivity index (χ2v) is 6.16. The maximum atomic E-state index is 13.7. The molecule has 0 aromatic heterocycles. The minimum atomic E-state index is -0.305. The minimum Gasteiger partial charge on any atom is -0.368 e. The lowest BCUT2D eigenvalue weighted by Crippen LogP contribution is -2.49. The molecule has 1 saturated heterocycles. The van der Waals surface area contributed by atoms with Crippen LogP contribution in [0.4, 0.5) is 10.1 Å². The van der Waals surface area contributed by atoms with Gasteiger partial charge in [-0.3, -0.25) is 4.79 Å². The van der Waals surface area contributed by atoms with Gasteiger partial charge in [0, 0.05) is 31.9 Å². The van der Waals surface area contributed by atoms with Gasteiger partial charge in [0.2, 0.25) is 5.91 Å². The van der Waals surface area contributed by atoms with Crippen molar-refractivity contribution in [2.75, 3.05) is 31.1 Å². The monoisotopic (exact) mass is 326 g/mol.